The number of aryl methyl sites for hydroxylation is 3. The van der Waals surface area contributed by atoms with Crippen LogP contribution in [0.5, 0.6) is 5.75 Å². The van der Waals surface area contributed by atoms with Gasteiger partial charge in [0.15, 0.2) is 0 Å². The van der Waals surface area contributed by atoms with E-state index in [4.69, 9.17) is 4.74 Å². The monoisotopic (exact) mass is 456 g/mol. The molecule has 3 rings (SSSR count). The lowest BCUT2D eigenvalue weighted by atomic mass is 10.2. The zero-order valence-corrected chi connectivity index (χ0v) is 20.1. The second-order valence-corrected chi connectivity index (χ2v) is 8.94. The number of aromatic nitrogens is 2. The molecule has 32 heavy (non-hydrogen) atoms. The predicted molar refractivity (Wildman–Crippen MR) is 130 cm³/mol. The third-order valence-corrected chi connectivity index (χ3v) is 6.79. The number of nitrogens with one attached hydrogen (secondary N) is 2. The number of hydrogen-bond donors (Lipinski definition) is 2. The quantitative estimate of drug-likeness (QED) is 0.461. The molecule has 2 heterocycles. The van der Waals surface area contributed by atoms with Gasteiger partial charge in [-0.1, -0.05) is 32.0 Å². The number of amides is 1. The molecular weight excluding hydrogens is 424 g/mol. The molecule has 0 aliphatic carbocycles. The van der Waals surface area contributed by atoms with Gasteiger partial charge in [-0.2, -0.15) is 0 Å². The van der Waals surface area contributed by atoms with E-state index in [1.165, 1.54) is 11.3 Å². The van der Waals surface area contributed by atoms with Crippen molar-refractivity contribution in [1.82, 2.24) is 20.2 Å². The van der Waals surface area contributed by atoms with Crippen LogP contribution in [0.1, 0.15) is 42.1 Å². The smallest absolute Gasteiger partial charge is 0.259 e. The molecule has 0 aliphatic rings. The highest BCUT2D eigenvalue weighted by Crippen LogP contribution is 2.25. The van der Waals surface area contributed by atoms with E-state index >= 15 is 0 Å². The molecule has 0 fully saturated rings. The van der Waals surface area contributed by atoms with Gasteiger partial charge in [0.1, 0.15) is 23.0 Å². The largest absolute Gasteiger partial charge is 0.492 e. The molecule has 1 aromatic carbocycles. The van der Waals surface area contributed by atoms with Gasteiger partial charge in [0.2, 0.25) is 5.91 Å². The van der Waals surface area contributed by atoms with E-state index < -0.39 is 0 Å². The lowest BCUT2D eigenvalue weighted by molar-refractivity contribution is -0.121. The lowest BCUT2D eigenvalue weighted by Crippen LogP contribution is -2.28. The Morgan fingerprint density at radius 1 is 1.22 bits per heavy atom. The van der Waals surface area contributed by atoms with Crippen LogP contribution in [0.25, 0.3) is 10.2 Å². The molecule has 0 atom stereocenters. The molecule has 2 N–H and O–H groups in total. The fourth-order valence-electron chi connectivity index (χ4n) is 3.55. The van der Waals surface area contributed by atoms with Gasteiger partial charge in [-0.3, -0.25) is 9.59 Å². The maximum Gasteiger partial charge on any atom is 0.259 e. The van der Waals surface area contributed by atoms with Crippen LogP contribution in [-0.2, 0) is 17.8 Å². The Balaban J connectivity index is 1.53. The number of ether oxygens (including phenoxy) is 1. The summed E-state index contributed by atoms with van der Waals surface area (Å²) in [6.07, 6.45) is 0.637. The fourth-order valence-corrected chi connectivity index (χ4v) is 4.60. The van der Waals surface area contributed by atoms with Crippen LogP contribution >= 0.6 is 11.3 Å². The third kappa shape index (κ3) is 5.95. The van der Waals surface area contributed by atoms with Crippen molar-refractivity contribution in [2.75, 3.05) is 26.2 Å². The van der Waals surface area contributed by atoms with E-state index in [0.29, 0.717) is 30.8 Å². The second-order valence-electron chi connectivity index (χ2n) is 7.74. The summed E-state index contributed by atoms with van der Waals surface area (Å²) >= 11 is 1.51. The minimum atomic E-state index is -0.136. The Kier molecular flexibility index (Phi) is 8.41. The molecule has 0 spiro atoms. The molecule has 1 amide bonds. The van der Waals surface area contributed by atoms with Crippen LogP contribution in [0, 0.1) is 13.8 Å². The summed E-state index contributed by atoms with van der Waals surface area (Å²) in [6, 6.07) is 7.76. The molecule has 0 unspecified atom stereocenters. The Morgan fingerprint density at radius 2 is 1.97 bits per heavy atom. The number of carbonyl (C=O) groups is 1. The number of para-hydroxylation sites is 1. The third-order valence-electron chi connectivity index (χ3n) is 5.69. The topological polar surface area (TPSA) is 87.3 Å². The molecule has 0 radical (unpaired) electrons. The number of aromatic amines is 1. The standard InChI is InChI=1S/C24H32N4O3S/c1-5-28(6-2)13-14-31-19-10-8-7-9-18(19)15-25-21(29)12-11-20-26-23(30)22-16(3)17(4)32-24(22)27-20/h7-10H,5-6,11-15H2,1-4H3,(H,25,29)(H,26,27,30). The highest BCUT2D eigenvalue weighted by molar-refractivity contribution is 7.18. The van der Waals surface area contributed by atoms with Gasteiger partial charge in [0.25, 0.3) is 5.56 Å². The Morgan fingerprint density at radius 3 is 2.72 bits per heavy atom. The number of benzene rings is 1. The van der Waals surface area contributed by atoms with Crippen LogP contribution in [0.2, 0.25) is 0 Å². The van der Waals surface area contributed by atoms with Crippen LogP contribution in [0.15, 0.2) is 29.1 Å². The summed E-state index contributed by atoms with van der Waals surface area (Å²) in [7, 11) is 0. The first kappa shape index (κ1) is 23.9. The fraction of sp³-hybridized carbons (Fsp3) is 0.458. The van der Waals surface area contributed by atoms with Gasteiger partial charge < -0.3 is 19.9 Å². The number of thiophene rings is 1. The summed E-state index contributed by atoms with van der Waals surface area (Å²) < 4.78 is 5.96. The van der Waals surface area contributed by atoms with Crippen molar-refractivity contribution in [2.24, 2.45) is 0 Å². The molecule has 2 aromatic heterocycles. The van der Waals surface area contributed by atoms with Crippen molar-refractivity contribution in [1.29, 1.82) is 0 Å². The first-order valence-electron chi connectivity index (χ1n) is 11.1. The zero-order chi connectivity index (χ0) is 23.1. The lowest BCUT2D eigenvalue weighted by Gasteiger charge is -2.19. The van der Waals surface area contributed by atoms with Crippen molar-refractivity contribution < 1.29 is 9.53 Å². The summed E-state index contributed by atoms with van der Waals surface area (Å²) in [4.78, 5) is 36.3. The first-order chi connectivity index (χ1) is 15.4. The normalized spacial score (nSPS) is 11.3. The molecule has 0 bridgehead atoms. The molecular formula is C24H32N4O3S. The van der Waals surface area contributed by atoms with Gasteiger partial charge in [-0.15, -0.1) is 11.3 Å². The maximum absolute atomic E-state index is 12.4. The van der Waals surface area contributed by atoms with Crippen molar-refractivity contribution >= 4 is 27.5 Å². The molecule has 0 saturated carbocycles. The van der Waals surface area contributed by atoms with Crippen LogP contribution < -0.4 is 15.6 Å². The molecule has 8 heteroatoms. The Bertz CT molecular complexity index is 1120. The molecule has 0 saturated heterocycles. The van der Waals surface area contributed by atoms with Crippen LogP contribution in [-0.4, -0.2) is 47.0 Å². The van der Waals surface area contributed by atoms with Gasteiger partial charge in [0, 0.05) is 36.4 Å². The van der Waals surface area contributed by atoms with Crippen LogP contribution in [0.3, 0.4) is 0 Å². The summed E-state index contributed by atoms with van der Waals surface area (Å²) in [5.41, 5.74) is 1.78. The highest BCUT2D eigenvalue weighted by Gasteiger charge is 2.13. The molecule has 172 valence electrons. The predicted octanol–water partition coefficient (Wildman–Crippen LogP) is 3.57. The molecule has 7 nitrogen and oxygen atoms in total. The number of H-pyrrole nitrogens is 1. The molecule has 0 aliphatic heterocycles. The summed E-state index contributed by atoms with van der Waals surface area (Å²) in [5, 5.41) is 3.60. The zero-order valence-electron chi connectivity index (χ0n) is 19.3. The molecule has 3 aromatic rings. The van der Waals surface area contributed by atoms with E-state index in [-0.39, 0.29) is 17.9 Å². The van der Waals surface area contributed by atoms with Gasteiger partial charge in [-0.25, -0.2) is 4.98 Å². The number of rotatable bonds is 11. The second kappa shape index (κ2) is 11.2. The summed E-state index contributed by atoms with van der Waals surface area (Å²) in [5.74, 6) is 1.24. The average molecular weight is 457 g/mol. The number of hydrogen-bond acceptors (Lipinski definition) is 6. The van der Waals surface area contributed by atoms with Crippen molar-refractivity contribution in [3.63, 3.8) is 0 Å². The van der Waals surface area contributed by atoms with Gasteiger partial charge >= 0.3 is 0 Å². The Labute approximate surface area is 192 Å². The minimum Gasteiger partial charge on any atom is -0.492 e. The van der Waals surface area contributed by atoms with E-state index in [2.05, 4.69) is 34.0 Å². The van der Waals surface area contributed by atoms with Gasteiger partial charge in [-0.05, 0) is 38.6 Å². The van der Waals surface area contributed by atoms with Crippen molar-refractivity contribution in [3.05, 3.63) is 56.4 Å². The van der Waals surface area contributed by atoms with Crippen molar-refractivity contribution in [2.45, 2.75) is 47.1 Å². The Hall–Kier alpha value is -2.71. The summed E-state index contributed by atoms with van der Waals surface area (Å²) in [6.45, 7) is 12.1. The average Bonchev–Trinajstić information content (AvgIpc) is 3.08. The van der Waals surface area contributed by atoms with E-state index in [9.17, 15) is 9.59 Å². The number of carbonyl (C=O) groups excluding carboxylic acids is 1. The first-order valence-corrected chi connectivity index (χ1v) is 11.9. The van der Waals surface area contributed by atoms with Crippen molar-refractivity contribution in [3.8, 4) is 5.75 Å². The SMILES string of the molecule is CCN(CC)CCOc1ccccc1CNC(=O)CCc1nc2sc(C)c(C)c2c(=O)[nH]1. The van der Waals surface area contributed by atoms with E-state index in [1.807, 2.05) is 38.1 Å². The van der Waals surface area contributed by atoms with Crippen LogP contribution in [0.4, 0.5) is 0 Å². The van der Waals surface area contributed by atoms with E-state index in [1.54, 1.807) is 0 Å². The number of fused-ring (bicyclic) bond motifs is 1. The number of likely N-dealkylation sites (N-methyl/N-ethyl adjacent to an activating group) is 1. The highest BCUT2D eigenvalue weighted by atomic mass is 32.1. The van der Waals surface area contributed by atoms with Gasteiger partial charge in [0.05, 0.1) is 5.39 Å². The minimum absolute atomic E-state index is 0.0933. The number of nitrogens with zero attached hydrogens (tertiary/aromatic N) is 2. The maximum atomic E-state index is 12.4. The van der Waals surface area contributed by atoms with E-state index in [0.717, 1.165) is 46.2 Å².